The molecule has 26 heteroatoms. The van der Waals surface area contributed by atoms with Crippen LogP contribution in [0.25, 0.3) is 11.3 Å². The van der Waals surface area contributed by atoms with Crippen molar-refractivity contribution in [2.24, 2.45) is 0 Å². The summed E-state index contributed by atoms with van der Waals surface area (Å²) in [5.74, 6) is 3.80. The van der Waals surface area contributed by atoms with Gasteiger partial charge in [0, 0.05) is 56.4 Å². The Morgan fingerprint density at radius 3 is 1.27 bits per heavy atom. The molecule has 0 saturated carbocycles. The van der Waals surface area contributed by atoms with Gasteiger partial charge in [0.25, 0.3) is 17.7 Å². The number of carbonyl (C=O) groups excluding carboxylic acids is 3. The highest BCUT2D eigenvalue weighted by Gasteiger charge is 2.25. The van der Waals surface area contributed by atoms with Crippen molar-refractivity contribution in [3.8, 4) is 45.8 Å². The molecule has 0 spiro atoms. The third-order valence-electron chi connectivity index (χ3n) is 12.6. The van der Waals surface area contributed by atoms with Crippen molar-refractivity contribution in [2.45, 2.75) is 26.6 Å². The molecule has 2 fully saturated rings. The van der Waals surface area contributed by atoms with E-state index in [-0.39, 0.29) is 39.4 Å². The van der Waals surface area contributed by atoms with Gasteiger partial charge in [0.1, 0.15) is 0 Å². The van der Waals surface area contributed by atoms with E-state index in [1.807, 2.05) is 71.3 Å². The minimum absolute atomic E-state index is 0.00536. The van der Waals surface area contributed by atoms with Crippen molar-refractivity contribution in [1.29, 1.82) is 0 Å². The third kappa shape index (κ3) is 17.3. The number of hydrogen-bond donors (Lipinski definition) is 3. The Morgan fingerprint density at radius 2 is 0.843 bits per heavy atom. The number of halogens is 4. The van der Waals surface area contributed by atoms with Crippen LogP contribution in [0.3, 0.4) is 0 Å². The highest BCUT2D eigenvalue weighted by Crippen LogP contribution is 2.32. The Bertz CT molecular complexity index is 3350. The average molecular weight is 1220 g/mol. The number of nitrogens with zero attached hydrogens (tertiary/aromatic N) is 8. The molecule has 3 amide bonds. The van der Waals surface area contributed by atoms with Crippen LogP contribution >= 0.6 is 46.4 Å². The lowest BCUT2D eigenvalue weighted by atomic mass is 10.1. The number of amides is 3. The predicted octanol–water partition coefficient (Wildman–Crippen LogP) is 8.53. The second-order valence-corrected chi connectivity index (χ2v) is 19.6. The van der Waals surface area contributed by atoms with Gasteiger partial charge < -0.3 is 63.6 Å². The summed E-state index contributed by atoms with van der Waals surface area (Å²) in [6, 6.07) is 26.7. The SMILES string of the molecule is COc1ccc(CNC(=O)c2cc(-c3cc(C)cc(Cl)c3)nnc2N2CCOCC2)cc1OC.COc1ccc(CNC(=O)c2cc(Cl)nnc2Cl)cc1OC.COc1ccc(CNC(=O)c2cc(Cl)nnc2N2CCOCC2)cc1OC. The van der Waals surface area contributed by atoms with Crippen LogP contribution < -0.4 is 54.2 Å². The zero-order valence-electron chi connectivity index (χ0n) is 46.5. The molecule has 22 nitrogen and oxygen atoms in total. The maximum Gasteiger partial charge on any atom is 0.255 e. The van der Waals surface area contributed by atoms with E-state index >= 15 is 0 Å². The number of nitrogens with one attached hydrogen (secondary N) is 3. The lowest BCUT2D eigenvalue weighted by molar-refractivity contribution is 0.0941. The fraction of sp³-hybridized carbons (Fsp3) is 0.316. The molecule has 3 aromatic heterocycles. The first-order chi connectivity index (χ1) is 40.1. The Hall–Kier alpha value is -7.99. The summed E-state index contributed by atoms with van der Waals surface area (Å²) < 4.78 is 42.3. The molecule has 0 unspecified atom stereocenters. The number of ether oxygens (including phenoxy) is 8. The van der Waals surface area contributed by atoms with Gasteiger partial charge in [-0.2, -0.15) is 0 Å². The Morgan fingerprint density at radius 1 is 0.458 bits per heavy atom. The van der Waals surface area contributed by atoms with Crippen LogP contribution in [0.1, 0.15) is 53.3 Å². The monoisotopic (exact) mass is 1220 g/mol. The van der Waals surface area contributed by atoms with Crippen LogP contribution in [0.2, 0.25) is 20.5 Å². The molecule has 83 heavy (non-hydrogen) atoms. The normalized spacial score (nSPS) is 12.8. The number of anilines is 2. The van der Waals surface area contributed by atoms with Crippen molar-refractivity contribution in [2.75, 3.05) is 105 Å². The zero-order valence-corrected chi connectivity index (χ0v) is 49.5. The number of aromatic nitrogens is 6. The molecular weight excluding hydrogens is 1160 g/mol. The molecule has 0 radical (unpaired) electrons. The number of carbonyl (C=O) groups is 3. The summed E-state index contributed by atoms with van der Waals surface area (Å²) in [5.41, 5.74) is 5.99. The first-order valence-corrected chi connectivity index (χ1v) is 27.2. The summed E-state index contributed by atoms with van der Waals surface area (Å²) in [4.78, 5) is 42.2. The Labute approximate surface area is 499 Å². The fourth-order valence-electron chi connectivity index (χ4n) is 8.44. The van der Waals surface area contributed by atoms with Gasteiger partial charge >= 0.3 is 0 Å². The summed E-state index contributed by atoms with van der Waals surface area (Å²) in [6.45, 7) is 7.76. The van der Waals surface area contributed by atoms with Crippen LogP contribution in [0.5, 0.6) is 34.5 Å². The lowest BCUT2D eigenvalue weighted by Crippen LogP contribution is -2.38. The molecule has 9 rings (SSSR count). The van der Waals surface area contributed by atoms with E-state index in [1.165, 1.54) is 12.1 Å². The van der Waals surface area contributed by atoms with Crippen molar-refractivity contribution >= 4 is 75.8 Å². The maximum absolute atomic E-state index is 13.4. The number of rotatable bonds is 18. The van der Waals surface area contributed by atoms with Gasteiger partial charge in [-0.25, -0.2) is 0 Å². The number of hydrogen-bond acceptors (Lipinski definition) is 19. The smallest absolute Gasteiger partial charge is 0.255 e. The molecule has 7 aromatic rings. The highest BCUT2D eigenvalue weighted by molar-refractivity contribution is 6.34. The van der Waals surface area contributed by atoms with Crippen LogP contribution in [0.4, 0.5) is 11.6 Å². The summed E-state index contributed by atoms with van der Waals surface area (Å²) in [5, 5.41) is 33.5. The van der Waals surface area contributed by atoms with Crippen molar-refractivity contribution < 1.29 is 52.3 Å². The molecular formula is C57H61Cl4N11O11. The predicted molar refractivity (Wildman–Crippen MR) is 315 cm³/mol. The fourth-order valence-corrected chi connectivity index (χ4v) is 9.20. The van der Waals surface area contributed by atoms with Crippen LogP contribution in [-0.2, 0) is 29.1 Å². The number of methoxy groups -OCH3 is 6. The van der Waals surface area contributed by atoms with Gasteiger partial charge in [-0.15, -0.1) is 30.6 Å². The zero-order chi connectivity index (χ0) is 59.4. The molecule has 2 saturated heterocycles. The van der Waals surface area contributed by atoms with Crippen molar-refractivity contribution in [1.82, 2.24) is 46.5 Å². The molecule has 4 aromatic carbocycles. The molecule has 5 heterocycles. The topological polar surface area (TPSA) is 245 Å². The Balaban J connectivity index is 0.000000184. The van der Waals surface area contributed by atoms with Gasteiger partial charge in [0.15, 0.2) is 61.6 Å². The molecule has 0 bridgehead atoms. The molecule has 0 atom stereocenters. The van der Waals surface area contributed by atoms with Gasteiger partial charge in [0.05, 0.1) is 91.5 Å². The number of aryl methyl sites for hydroxylation is 1. The van der Waals surface area contributed by atoms with Gasteiger partial charge in [-0.3, -0.25) is 14.4 Å². The van der Waals surface area contributed by atoms with E-state index in [4.69, 9.17) is 84.3 Å². The minimum atomic E-state index is -0.392. The molecule has 3 N–H and O–H groups in total. The van der Waals surface area contributed by atoms with E-state index < -0.39 is 5.91 Å². The van der Waals surface area contributed by atoms with Crippen molar-refractivity contribution in [3.63, 3.8) is 0 Å². The third-order valence-corrected chi connectivity index (χ3v) is 13.5. The van der Waals surface area contributed by atoms with Crippen LogP contribution in [-0.4, -0.2) is 144 Å². The summed E-state index contributed by atoms with van der Waals surface area (Å²) in [7, 11) is 9.41. The lowest BCUT2D eigenvalue weighted by Gasteiger charge is -2.28. The Kier molecular flexibility index (Phi) is 23.3. The van der Waals surface area contributed by atoms with E-state index in [9.17, 15) is 14.4 Å². The van der Waals surface area contributed by atoms with E-state index in [2.05, 4.69) is 46.5 Å². The van der Waals surface area contributed by atoms with E-state index in [1.54, 1.807) is 66.9 Å². The second-order valence-electron chi connectivity index (χ2n) is 18.1. The van der Waals surface area contributed by atoms with Gasteiger partial charge in [-0.1, -0.05) is 64.6 Å². The summed E-state index contributed by atoms with van der Waals surface area (Å²) >= 11 is 23.8. The number of benzene rings is 4. The maximum atomic E-state index is 13.4. The molecule has 438 valence electrons. The summed E-state index contributed by atoms with van der Waals surface area (Å²) in [6.07, 6.45) is 0. The van der Waals surface area contributed by atoms with Gasteiger partial charge in [0.2, 0.25) is 0 Å². The quantitative estimate of drug-likeness (QED) is 0.0728. The van der Waals surface area contributed by atoms with Gasteiger partial charge in [-0.05, 0) is 102 Å². The van der Waals surface area contributed by atoms with Crippen LogP contribution in [0.15, 0.2) is 91.0 Å². The first-order valence-electron chi connectivity index (χ1n) is 25.7. The van der Waals surface area contributed by atoms with Crippen LogP contribution in [0, 0.1) is 6.92 Å². The second kappa shape index (κ2) is 30.9. The van der Waals surface area contributed by atoms with E-state index in [0.29, 0.717) is 134 Å². The van der Waals surface area contributed by atoms with E-state index in [0.717, 1.165) is 27.8 Å². The largest absolute Gasteiger partial charge is 0.493 e. The first kappa shape index (κ1) is 62.6. The molecule has 0 aliphatic carbocycles. The average Bonchev–Trinajstić information content (AvgIpc) is 3.56. The molecule has 2 aliphatic heterocycles. The molecule has 2 aliphatic rings. The number of morpholine rings is 2. The minimum Gasteiger partial charge on any atom is -0.493 e. The highest BCUT2D eigenvalue weighted by atomic mass is 35.5. The standard InChI is InChI=1S/C25H27ClN4O4.C18H21ClN4O4.C14H13Cl2N3O3/c1-16-10-18(13-19(26)11-16)21-14-20(24(29-28-21)30-6-8-34-9-7-30)25(31)27-15-17-4-5-22(32-2)23(12-17)33-3;1-25-14-4-3-12(9-15(14)26-2)11-20-18(24)13-10-16(19)21-22-17(13)23-5-7-27-8-6-23;1-21-10-4-3-8(5-11(10)22-2)7-17-14(20)9-6-12(15)18-19-13(9)16/h4-5,10-14H,6-9,15H2,1-3H3,(H,27,31);3-4,9-10H,5-8,11H2,1-2H3,(H,20,24);3-6H,7H2,1-2H3,(H,17,20). The van der Waals surface area contributed by atoms with Crippen molar-refractivity contribution in [3.05, 3.63) is 150 Å².